The molecule has 0 unspecified atom stereocenters. The molecule has 0 aromatic carbocycles. The molecule has 2 heteroatoms. The van der Waals surface area contributed by atoms with Crippen LogP contribution in [0.5, 0.6) is 0 Å². The lowest BCUT2D eigenvalue weighted by Crippen LogP contribution is -2.08. The number of hydrogen-bond donors (Lipinski definition) is 0. The minimum atomic E-state index is -0.0968. The summed E-state index contributed by atoms with van der Waals surface area (Å²) in [6, 6.07) is 2.37. The van der Waals surface area contributed by atoms with Crippen LogP contribution in [0.1, 0.15) is 25.7 Å². The lowest BCUT2D eigenvalue weighted by Gasteiger charge is -2.16. The van der Waals surface area contributed by atoms with Crippen molar-refractivity contribution in [1.82, 2.24) is 0 Å². The van der Waals surface area contributed by atoms with Gasteiger partial charge >= 0.3 is 0 Å². The standard InChI is InChI=1S/C9H11NO/c10-7-9(3-4-9)8-2-1-5-11-6-8/h6H,1-5H2. The van der Waals surface area contributed by atoms with Crippen molar-refractivity contribution >= 4 is 0 Å². The van der Waals surface area contributed by atoms with Crippen LogP contribution in [0.4, 0.5) is 0 Å². The van der Waals surface area contributed by atoms with Crippen molar-refractivity contribution in [2.45, 2.75) is 25.7 Å². The molecule has 0 saturated heterocycles. The second kappa shape index (κ2) is 2.27. The molecule has 0 aromatic rings. The lowest BCUT2D eigenvalue weighted by molar-refractivity contribution is 0.219. The number of rotatable bonds is 1. The molecule has 0 spiro atoms. The van der Waals surface area contributed by atoms with Gasteiger partial charge in [0.05, 0.1) is 24.4 Å². The fourth-order valence-corrected chi connectivity index (χ4v) is 1.55. The summed E-state index contributed by atoms with van der Waals surface area (Å²) in [5.74, 6) is 0. The average molecular weight is 149 g/mol. The number of hydrogen-bond acceptors (Lipinski definition) is 2. The highest BCUT2D eigenvalue weighted by Crippen LogP contribution is 2.53. The molecule has 0 atom stereocenters. The van der Waals surface area contributed by atoms with Gasteiger partial charge in [0.25, 0.3) is 0 Å². The molecule has 0 radical (unpaired) electrons. The molecule has 1 heterocycles. The van der Waals surface area contributed by atoms with Gasteiger partial charge < -0.3 is 4.74 Å². The quantitative estimate of drug-likeness (QED) is 0.571. The third-order valence-electron chi connectivity index (χ3n) is 2.51. The van der Waals surface area contributed by atoms with E-state index in [2.05, 4.69) is 6.07 Å². The van der Waals surface area contributed by atoms with Crippen molar-refractivity contribution in [3.63, 3.8) is 0 Å². The first-order valence-electron chi connectivity index (χ1n) is 4.10. The Morgan fingerprint density at radius 1 is 1.55 bits per heavy atom. The Morgan fingerprint density at radius 2 is 2.36 bits per heavy atom. The van der Waals surface area contributed by atoms with Crippen molar-refractivity contribution in [2.24, 2.45) is 5.41 Å². The van der Waals surface area contributed by atoms with Crippen LogP contribution in [0.3, 0.4) is 0 Å². The molecule has 0 amide bonds. The molecule has 11 heavy (non-hydrogen) atoms. The summed E-state index contributed by atoms with van der Waals surface area (Å²) >= 11 is 0. The van der Waals surface area contributed by atoms with E-state index in [1.165, 1.54) is 5.57 Å². The van der Waals surface area contributed by atoms with Gasteiger partial charge in [-0.2, -0.15) is 5.26 Å². The average Bonchev–Trinajstić information content (AvgIpc) is 2.86. The Labute approximate surface area is 66.5 Å². The van der Waals surface area contributed by atoms with E-state index in [0.717, 1.165) is 32.3 Å². The predicted octanol–water partition coefficient (Wildman–Crippen LogP) is 1.98. The SMILES string of the molecule is N#CC1(C2=COCCC2)CC1. The molecule has 0 aromatic heterocycles. The van der Waals surface area contributed by atoms with Crippen LogP contribution in [-0.2, 0) is 4.74 Å². The second-order valence-corrected chi connectivity index (χ2v) is 3.31. The molecule has 1 fully saturated rings. The molecule has 2 nitrogen and oxygen atoms in total. The summed E-state index contributed by atoms with van der Waals surface area (Å²) in [6.07, 6.45) is 6.03. The molecular weight excluding hydrogens is 138 g/mol. The van der Waals surface area contributed by atoms with Crippen LogP contribution in [-0.4, -0.2) is 6.61 Å². The van der Waals surface area contributed by atoms with Crippen LogP contribution in [0.25, 0.3) is 0 Å². The van der Waals surface area contributed by atoms with E-state index in [4.69, 9.17) is 10.00 Å². The highest BCUT2D eigenvalue weighted by Gasteiger charge is 2.46. The van der Waals surface area contributed by atoms with Crippen LogP contribution in [0.15, 0.2) is 11.8 Å². The number of allylic oxidation sites excluding steroid dienone is 1. The first-order valence-corrected chi connectivity index (χ1v) is 4.10. The Balaban J connectivity index is 2.16. The molecule has 1 aliphatic carbocycles. The highest BCUT2D eigenvalue weighted by molar-refractivity contribution is 5.30. The van der Waals surface area contributed by atoms with Crippen molar-refractivity contribution in [2.75, 3.05) is 6.61 Å². The normalized spacial score (nSPS) is 26.3. The van der Waals surface area contributed by atoms with Crippen molar-refractivity contribution in [3.05, 3.63) is 11.8 Å². The molecular formula is C9H11NO. The first-order chi connectivity index (χ1) is 5.37. The maximum atomic E-state index is 8.86. The summed E-state index contributed by atoms with van der Waals surface area (Å²) in [5, 5.41) is 8.86. The third-order valence-corrected chi connectivity index (χ3v) is 2.51. The Bertz CT molecular complexity index is 232. The van der Waals surface area contributed by atoms with Crippen LogP contribution < -0.4 is 0 Å². The Kier molecular flexibility index (Phi) is 1.38. The van der Waals surface area contributed by atoms with Crippen molar-refractivity contribution < 1.29 is 4.74 Å². The highest BCUT2D eigenvalue weighted by atomic mass is 16.5. The van der Waals surface area contributed by atoms with Crippen molar-refractivity contribution in [3.8, 4) is 6.07 Å². The molecule has 2 aliphatic rings. The summed E-state index contributed by atoms with van der Waals surface area (Å²) in [7, 11) is 0. The fourth-order valence-electron chi connectivity index (χ4n) is 1.55. The summed E-state index contributed by atoms with van der Waals surface area (Å²) in [4.78, 5) is 0. The van der Waals surface area contributed by atoms with Gasteiger partial charge in [0.2, 0.25) is 0 Å². The van der Waals surface area contributed by atoms with E-state index in [9.17, 15) is 0 Å². The summed E-state index contributed by atoms with van der Waals surface area (Å²) in [6.45, 7) is 0.824. The van der Waals surface area contributed by atoms with Gasteiger partial charge in [0, 0.05) is 0 Å². The summed E-state index contributed by atoms with van der Waals surface area (Å²) in [5.41, 5.74) is 1.13. The topological polar surface area (TPSA) is 33.0 Å². The van der Waals surface area contributed by atoms with Gasteiger partial charge in [-0.25, -0.2) is 0 Å². The smallest absolute Gasteiger partial charge is 0.0876 e. The predicted molar refractivity (Wildman–Crippen MR) is 40.5 cm³/mol. The minimum Gasteiger partial charge on any atom is -0.501 e. The molecule has 0 N–H and O–H groups in total. The third kappa shape index (κ3) is 1.01. The van der Waals surface area contributed by atoms with Gasteiger partial charge in [-0.05, 0) is 31.3 Å². The van der Waals surface area contributed by atoms with E-state index >= 15 is 0 Å². The zero-order valence-electron chi connectivity index (χ0n) is 6.47. The summed E-state index contributed by atoms with van der Waals surface area (Å²) < 4.78 is 5.20. The van der Waals surface area contributed by atoms with Crippen LogP contribution >= 0.6 is 0 Å². The monoisotopic (exact) mass is 149 g/mol. The molecule has 0 bridgehead atoms. The fraction of sp³-hybridized carbons (Fsp3) is 0.667. The van der Waals surface area contributed by atoms with Crippen LogP contribution in [0.2, 0.25) is 0 Å². The zero-order valence-corrected chi connectivity index (χ0v) is 6.47. The zero-order chi connectivity index (χ0) is 7.73. The van der Waals surface area contributed by atoms with Gasteiger partial charge in [-0.1, -0.05) is 0 Å². The first kappa shape index (κ1) is 6.72. The Morgan fingerprint density at radius 3 is 2.82 bits per heavy atom. The van der Waals surface area contributed by atoms with E-state index in [0.29, 0.717) is 0 Å². The van der Waals surface area contributed by atoms with Gasteiger partial charge in [-0.15, -0.1) is 0 Å². The second-order valence-electron chi connectivity index (χ2n) is 3.31. The maximum absolute atomic E-state index is 8.86. The number of ether oxygens (including phenoxy) is 1. The molecule has 58 valence electrons. The largest absolute Gasteiger partial charge is 0.501 e. The number of nitriles is 1. The maximum Gasteiger partial charge on any atom is 0.0876 e. The Hall–Kier alpha value is -0.970. The van der Waals surface area contributed by atoms with Crippen LogP contribution in [0, 0.1) is 16.7 Å². The van der Waals surface area contributed by atoms with Crippen molar-refractivity contribution in [1.29, 1.82) is 5.26 Å². The van der Waals surface area contributed by atoms with E-state index in [1.807, 2.05) is 0 Å². The minimum absolute atomic E-state index is 0.0968. The molecule has 1 aliphatic heterocycles. The van der Waals surface area contributed by atoms with Gasteiger partial charge in [-0.3, -0.25) is 0 Å². The van der Waals surface area contributed by atoms with E-state index in [1.54, 1.807) is 6.26 Å². The van der Waals surface area contributed by atoms with E-state index < -0.39 is 0 Å². The molecule has 1 saturated carbocycles. The van der Waals surface area contributed by atoms with Gasteiger partial charge in [0.1, 0.15) is 0 Å². The molecule has 2 rings (SSSR count). The lowest BCUT2D eigenvalue weighted by atomic mass is 9.94. The number of nitrogens with zero attached hydrogens (tertiary/aromatic N) is 1. The van der Waals surface area contributed by atoms with Gasteiger partial charge in [0.15, 0.2) is 0 Å². The van der Waals surface area contributed by atoms with E-state index in [-0.39, 0.29) is 5.41 Å².